The molecule has 2 heterocycles. The molecule has 0 radical (unpaired) electrons. The summed E-state index contributed by atoms with van der Waals surface area (Å²) in [6, 6.07) is 13.4. The largest absolute Gasteiger partial charge is 0.469 e. The molecule has 0 spiro atoms. The molecule has 5 nitrogen and oxygen atoms in total. The van der Waals surface area contributed by atoms with Gasteiger partial charge >= 0.3 is 0 Å². The van der Waals surface area contributed by atoms with Crippen LogP contribution in [0.25, 0.3) is 0 Å². The highest BCUT2D eigenvalue weighted by molar-refractivity contribution is 9.10. The summed E-state index contributed by atoms with van der Waals surface area (Å²) >= 11 is 3.53. The van der Waals surface area contributed by atoms with Gasteiger partial charge in [0.15, 0.2) is 0 Å². The molecule has 1 aromatic carbocycles. The third-order valence-corrected chi connectivity index (χ3v) is 4.21. The minimum absolute atomic E-state index is 0.0599. The SMILES string of the molecule is O=C(CCc1ccco1)Nc1ccnn1Cc1ccccc1Br. The first-order chi connectivity index (χ1) is 11.2. The van der Waals surface area contributed by atoms with Gasteiger partial charge in [-0.1, -0.05) is 34.1 Å². The first-order valence-electron chi connectivity index (χ1n) is 7.30. The highest BCUT2D eigenvalue weighted by Crippen LogP contribution is 2.19. The number of hydrogen-bond donors (Lipinski definition) is 1. The van der Waals surface area contributed by atoms with Crippen molar-refractivity contribution >= 4 is 27.7 Å². The third kappa shape index (κ3) is 4.10. The zero-order valence-electron chi connectivity index (χ0n) is 12.4. The van der Waals surface area contributed by atoms with Crippen LogP contribution in [0.2, 0.25) is 0 Å². The molecule has 3 aromatic rings. The number of hydrogen-bond acceptors (Lipinski definition) is 3. The van der Waals surface area contributed by atoms with Crippen molar-refractivity contribution in [2.24, 2.45) is 0 Å². The van der Waals surface area contributed by atoms with E-state index in [9.17, 15) is 4.79 Å². The van der Waals surface area contributed by atoms with Gasteiger partial charge in [-0.25, -0.2) is 4.68 Å². The van der Waals surface area contributed by atoms with Crippen molar-refractivity contribution in [2.45, 2.75) is 19.4 Å². The molecule has 6 heteroatoms. The van der Waals surface area contributed by atoms with Gasteiger partial charge in [0.25, 0.3) is 0 Å². The van der Waals surface area contributed by atoms with E-state index in [1.165, 1.54) is 0 Å². The average molecular weight is 374 g/mol. The third-order valence-electron chi connectivity index (χ3n) is 3.44. The maximum Gasteiger partial charge on any atom is 0.225 e. The number of aromatic nitrogens is 2. The van der Waals surface area contributed by atoms with Crippen LogP contribution in [0, 0.1) is 0 Å². The quantitative estimate of drug-likeness (QED) is 0.713. The molecule has 0 saturated heterocycles. The number of aryl methyl sites for hydroxylation is 1. The van der Waals surface area contributed by atoms with Crippen LogP contribution in [0.5, 0.6) is 0 Å². The molecule has 0 bridgehead atoms. The molecule has 0 aliphatic carbocycles. The standard InChI is InChI=1S/C17H16BrN3O2/c18-15-6-2-1-4-13(15)12-21-16(9-10-19-21)20-17(22)8-7-14-5-3-11-23-14/h1-6,9-11H,7-8,12H2,(H,20,22). The Morgan fingerprint density at radius 2 is 2.09 bits per heavy atom. The highest BCUT2D eigenvalue weighted by atomic mass is 79.9. The Bertz CT molecular complexity index is 781. The monoisotopic (exact) mass is 373 g/mol. The number of nitrogens with one attached hydrogen (secondary N) is 1. The Morgan fingerprint density at radius 3 is 2.87 bits per heavy atom. The summed E-state index contributed by atoms with van der Waals surface area (Å²) < 4.78 is 8.02. The molecular formula is C17H16BrN3O2. The minimum atomic E-state index is -0.0599. The average Bonchev–Trinajstić information content (AvgIpc) is 3.20. The van der Waals surface area contributed by atoms with E-state index in [0.29, 0.717) is 25.2 Å². The van der Waals surface area contributed by atoms with Gasteiger partial charge in [-0.05, 0) is 23.8 Å². The number of benzene rings is 1. The zero-order chi connectivity index (χ0) is 16.1. The Morgan fingerprint density at radius 1 is 1.22 bits per heavy atom. The fourth-order valence-corrected chi connectivity index (χ4v) is 2.66. The van der Waals surface area contributed by atoms with Gasteiger partial charge in [-0.3, -0.25) is 4.79 Å². The summed E-state index contributed by atoms with van der Waals surface area (Å²) in [6.45, 7) is 0.586. The lowest BCUT2D eigenvalue weighted by atomic mass is 10.2. The van der Waals surface area contributed by atoms with Crippen LogP contribution in [0.15, 0.2) is 63.8 Å². The van der Waals surface area contributed by atoms with E-state index in [4.69, 9.17) is 4.42 Å². The molecule has 0 atom stereocenters. The van der Waals surface area contributed by atoms with Crippen molar-refractivity contribution in [3.8, 4) is 0 Å². The summed E-state index contributed by atoms with van der Waals surface area (Å²) in [5.74, 6) is 1.43. The smallest absolute Gasteiger partial charge is 0.225 e. The van der Waals surface area contributed by atoms with Gasteiger partial charge in [0.05, 0.1) is 19.0 Å². The van der Waals surface area contributed by atoms with E-state index in [1.54, 1.807) is 23.2 Å². The summed E-state index contributed by atoms with van der Waals surface area (Å²) in [6.07, 6.45) is 4.24. The molecule has 0 aliphatic heterocycles. The Labute approximate surface area is 142 Å². The normalized spacial score (nSPS) is 10.7. The van der Waals surface area contributed by atoms with E-state index in [0.717, 1.165) is 15.8 Å². The molecule has 118 valence electrons. The number of carbonyl (C=O) groups is 1. The highest BCUT2D eigenvalue weighted by Gasteiger charge is 2.10. The molecule has 23 heavy (non-hydrogen) atoms. The van der Waals surface area contributed by atoms with Crippen LogP contribution in [0.1, 0.15) is 17.7 Å². The molecular weight excluding hydrogens is 358 g/mol. The van der Waals surface area contributed by atoms with Gasteiger partial charge in [0, 0.05) is 23.4 Å². The van der Waals surface area contributed by atoms with Crippen molar-refractivity contribution in [2.75, 3.05) is 5.32 Å². The Kier molecular flexibility index (Phi) is 4.92. The number of halogens is 1. The van der Waals surface area contributed by atoms with Crippen molar-refractivity contribution in [1.82, 2.24) is 9.78 Å². The fourth-order valence-electron chi connectivity index (χ4n) is 2.25. The van der Waals surface area contributed by atoms with E-state index in [1.807, 2.05) is 36.4 Å². The van der Waals surface area contributed by atoms with Crippen molar-refractivity contribution < 1.29 is 9.21 Å². The first-order valence-corrected chi connectivity index (χ1v) is 8.09. The molecule has 3 rings (SSSR count). The first kappa shape index (κ1) is 15.6. The molecule has 0 saturated carbocycles. The van der Waals surface area contributed by atoms with Gasteiger partial charge in [-0.2, -0.15) is 5.10 Å². The topological polar surface area (TPSA) is 60.1 Å². The van der Waals surface area contributed by atoms with Crippen molar-refractivity contribution in [3.05, 3.63) is 70.7 Å². The summed E-state index contributed by atoms with van der Waals surface area (Å²) in [4.78, 5) is 12.1. The van der Waals surface area contributed by atoms with Crippen molar-refractivity contribution in [3.63, 3.8) is 0 Å². The Hall–Kier alpha value is -2.34. The number of carbonyl (C=O) groups excluding carboxylic acids is 1. The molecule has 1 N–H and O–H groups in total. The second-order valence-electron chi connectivity index (χ2n) is 5.09. The maximum atomic E-state index is 12.1. The lowest BCUT2D eigenvalue weighted by molar-refractivity contribution is -0.116. The Balaban J connectivity index is 1.62. The van der Waals surface area contributed by atoms with Crippen LogP contribution in [-0.2, 0) is 17.8 Å². The molecule has 0 fully saturated rings. The van der Waals surface area contributed by atoms with Crippen LogP contribution in [0.3, 0.4) is 0 Å². The van der Waals surface area contributed by atoms with E-state index < -0.39 is 0 Å². The van der Waals surface area contributed by atoms with Crippen LogP contribution in [-0.4, -0.2) is 15.7 Å². The minimum Gasteiger partial charge on any atom is -0.469 e. The summed E-state index contributed by atoms with van der Waals surface area (Å²) in [5, 5.41) is 7.18. The number of anilines is 1. The molecule has 0 unspecified atom stereocenters. The summed E-state index contributed by atoms with van der Waals surface area (Å²) in [5.41, 5.74) is 1.10. The number of rotatable bonds is 6. The fraction of sp³-hybridized carbons (Fsp3) is 0.176. The van der Waals surface area contributed by atoms with E-state index in [2.05, 4.69) is 26.3 Å². The molecule has 1 amide bonds. The van der Waals surface area contributed by atoms with Gasteiger partial charge < -0.3 is 9.73 Å². The van der Waals surface area contributed by atoms with E-state index >= 15 is 0 Å². The molecule has 0 aliphatic rings. The lowest BCUT2D eigenvalue weighted by Gasteiger charge is -2.10. The van der Waals surface area contributed by atoms with E-state index in [-0.39, 0.29) is 5.91 Å². The van der Waals surface area contributed by atoms with Gasteiger partial charge in [0.2, 0.25) is 5.91 Å². The predicted octanol–water partition coefficient (Wildman–Crippen LogP) is 3.86. The lowest BCUT2D eigenvalue weighted by Crippen LogP contribution is -2.16. The molecule has 2 aromatic heterocycles. The second kappa shape index (κ2) is 7.28. The van der Waals surface area contributed by atoms with Crippen molar-refractivity contribution in [1.29, 1.82) is 0 Å². The van der Waals surface area contributed by atoms with Crippen LogP contribution < -0.4 is 5.32 Å². The van der Waals surface area contributed by atoms with Gasteiger partial charge in [-0.15, -0.1) is 0 Å². The van der Waals surface area contributed by atoms with Gasteiger partial charge in [0.1, 0.15) is 11.6 Å². The number of furan rings is 1. The number of amides is 1. The van der Waals surface area contributed by atoms with Crippen LogP contribution in [0.4, 0.5) is 5.82 Å². The summed E-state index contributed by atoms with van der Waals surface area (Å²) in [7, 11) is 0. The maximum absolute atomic E-state index is 12.1. The number of nitrogens with zero attached hydrogens (tertiary/aromatic N) is 2. The van der Waals surface area contributed by atoms with Crippen LogP contribution >= 0.6 is 15.9 Å². The zero-order valence-corrected chi connectivity index (χ0v) is 14.0. The second-order valence-corrected chi connectivity index (χ2v) is 5.95. The predicted molar refractivity (Wildman–Crippen MR) is 91.1 cm³/mol.